The van der Waals surface area contributed by atoms with Gasteiger partial charge in [0.1, 0.15) is 12.4 Å². The number of rotatable bonds is 15. The molecule has 0 spiro atoms. The molecule has 1 fully saturated rings. The number of halogens is 1. The van der Waals surface area contributed by atoms with Crippen LogP contribution in [-0.4, -0.2) is 52.0 Å². The van der Waals surface area contributed by atoms with Gasteiger partial charge in [-0.3, -0.25) is 4.90 Å². The maximum absolute atomic E-state index is 6.12. The molecule has 228 valence electrons. The van der Waals surface area contributed by atoms with Gasteiger partial charge in [0.2, 0.25) is 0 Å². The van der Waals surface area contributed by atoms with Crippen LogP contribution in [0.25, 0.3) is 0 Å². The van der Waals surface area contributed by atoms with E-state index in [1.807, 2.05) is 24.3 Å². The minimum atomic E-state index is 0.290. The van der Waals surface area contributed by atoms with Crippen LogP contribution in [-0.2, 0) is 0 Å². The molecule has 3 N–H and O–H groups in total. The van der Waals surface area contributed by atoms with Crippen LogP contribution in [0.4, 0.5) is 5.69 Å². The quantitative estimate of drug-likeness (QED) is 0.0646. The second-order valence-electron chi connectivity index (χ2n) is 11.2. The maximum atomic E-state index is 6.12. The van der Waals surface area contributed by atoms with Crippen molar-refractivity contribution in [3.8, 4) is 5.75 Å². The first-order valence-electron chi connectivity index (χ1n) is 15.1. The molecule has 0 bridgehead atoms. The van der Waals surface area contributed by atoms with E-state index in [0.717, 1.165) is 41.3 Å². The van der Waals surface area contributed by atoms with Crippen molar-refractivity contribution in [3.05, 3.63) is 36.4 Å². The number of anilines is 1. The Kier molecular flexibility index (Phi) is 19.9. The fraction of sp³-hybridized carbons (Fsp3) is 0.688. The number of allylic oxidation sites excluding steroid dienone is 2. The first kappa shape index (κ1) is 36.9. The highest BCUT2D eigenvalue weighted by molar-refractivity contribution is 9.09. The van der Waals surface area contributed by atoms with Crippen LogP contribution in [0.2, 0.25) is 0 Å². The SMILES string of the molecule is CC/C=C\CC(C)CBr.CCCCC(C)(CC)CS/C(N)=N/C(=S)Nc1ccc(OCC(C)N2CCCC2)cc1. The number of thiocarbonyl (C=S) groups is 1. The normalized spacial score (nSPS) is 17.1. The van der Waals surface area contributed by atoms with Gasteiger partial charge >= 0.3 is 0 Å². The summed E-state index contributed by atoms with van der Waals surface area (Å²) in [6, 6.07) is 8.28. The van der Waals surface area contributed by atoms with Crippen molar-refractivity contribution in [2.24, 2.45) is 22.1 Å². The van der Waals surface area contributed by atoms with Crippen LogP contribution in [0.5, 0.6) is 5.75 Å². The Morgan fingerprint density at radius 3 is 2.45 bits per heavy atom. The molecule has 1 aromatic carbocycles. The Morgan fingerprint density at radius 2 is 1.88 bits per heavy atom. The molecule has 1 saturated heterocycles. The van der Waals surface area contributed by atoms with Gasteiger partial charge in [-0.25, -0.2) is 0 Å². The van der Waals surface area contributed by atoms with Crippen LogP contribution in [0.15, 0.2) is 41.4 Å². The van der Waals surface area contributed by atoms with E-state index in [1.165, 1.54) is 51.6 Å². The molecule has 3 unspecified atom stereocenters. The molecule has 0 aliphatic carbocycles. The number of unbranched alkanes of at least 4 members (excludes halogenated alkanes) is 1. The smallest absolute Gasteiger partial charge is 0.199 e. The third-order valence-corrected chi connectivity index (χ3v) is 9.86. The van der Waals surface area contributed by atoms with Crippen LogP contribution in [0.3, 0.4) is 0 Å². The zero-order valence-electron chi connectivity index (χ0n) is 25.9. The summed E-state index contributed by atoms with van der Waals surface area (Å²) in [7, 11) is 0. The van der Waals surface area contributed by atoms with E-state index >= 15 is 0 Å². The van der Waals surface area contributed by atoms with Gasteiger partial charge in [-0.1, -0.05) is 87.3 Å². The third kappa shape index (κ3) is 16.4. The topological polar surface area (TPSA) is 62.9 Å². The molecule has 0 saturated carbocycles. The van der Waals surface area contributed by atoms with Crippen molar-refractivity contribution in [3.63, 3.8) is 0 Å². The number of nitrogens with two attached hydrogens (primary N) is 1. The first-order valence-corrected chi connectivity index (χ1v) is 17.6. The van der Waals surface area contributed by atoms with Crippen LogP contribution < -0.4 is 15.8 Å². The molecule has 0 aromatic heterocycles. The van der Waals surface area contributed by atoms with Crippen molar-refractivity contribution < 1.29 is 4.74 Å². The average Bonchev–Trinajstić information content (AvgIpc) is 3.50. The van der Waals surface area contributed by atoms with Gasteiger partial charge in [-0.2, -0.15) is 4.99 Å². The number of alkyl halides is 1. The molecule has 5 nitrogen and oxygen atoms in total. The minimum Gasteiger partial charge on any atom is -0.492 e. The minimum absolute atomic E-state index is 0.290. The Hall–Kier alpha value is -1.09. The lowest BCUT2D eigenvalue weighted by atomic mass is 9.84. The van der Waals surface area contributed by atoms with E-state index in [2.05, 4.69) is 84.8 Å². The van der Waals surface area contributed by atoms with Crippen molar-refractivity contribution in [2.45, 2.75) is 99.0 Å². The van der Waals surface area contributed by atoms with Gasteiger partial charge in [-0.05, 0) is 106 Å². The van der Waals surface area contributed by atoms with Crippen molar-refractivity contribution in [1.82, 2.24) is 4.90 Å². The van der Waals surface area contributed by atoms with E-state index in [9.17, 15) is 0 Å². The first-order chi connectivity index (χ1) is 19.2. The van der Waals surface area contributed by atoms with Gasteiger partial charge in [0.15, 0.2) is 10.3 Å². The Morgan fingerprint density at radius 1 is 1.20 bits per heavy atom. The Balaban J connectivity index is 0.000000763. The number of ether oxygens (including phenoxy) is 1. The highest BCUT2D eigenvalue weighted by Crippen LogP contribution is 2.32. The Labute approximate surface area is 263 Å². The summed E-state index contributed by atoms with van der Waals surface area (Å²) in [4.78, 5) is 6.84. The van der Waals surface area contributed by atoms with Gasteiger partial charge in [-0.15, -0.1) is 0 Å². The molecule has 8 heteroatoms. The van der Waals surface area contributed by atoms with E-state index in [-0.39, 0.29) is 5.41 Å². The lowest BCUT2D eigenvalue weighted by Gasteiger charge is -2.27. The second-order valence-corrected chi connectivity index (χ2v) is 13.3. The maximum Gasteiger partial charge on any atom is 0.199 e. The van der Waals surface area contributed by atoms with Gasteiger partial charge in [0, 0.05) is 22.8 Å². The predicted octanol–water partition coefficient (Wildman–Crippen LogP) is 9.27. The molecule has 1 aliphatic heterocycles. The molecule has 3 atom stereocenters. The zero-order chi connectivity index (χ0) is 29.8. The number of thioether (sulfide) groups is 1. The fourth-order valence-corrected chi connectivity index (χ4v) is 5.72. The molecule has 0 amide bonds. The number of likely N-dealkylation sites (tertiary alicyclic amines) is 1. The summed E-state index contributed by atoms with van der Waals surface area (Å²) in [6.07, 6.45) is 14.3. The monoisotopic (exact) mass is 654 g/mol. The van der Waals surface area contributed by atoms with E-state index in [1.54, 1.807) is 11.8 Å². The van der Waals surface area contributed by atoms with Gasteiger partial charge < -0.3 is 15.8 Å². The Bertz CT molecular complexity index is 874. The van der Waals surface area contributed by atoms with E-state index in [4.69, 9.17) is 22.7 Å². The summed E-state index contributed by atoms with van der Waals surface area (Å²) < 4.78 is 5.95. The van der Waals surface area contributed by atoms with Crippen molar-refractivity contribution in [1.29, 1.82) is 0 Å². The number of amidine groups is 1. The highest BCUT2D eigenvalue weighted by atomic mass is 79.9. The number of hydrogen-bond acceptors (Lipinski definition) is 4. The highest BCUT2D eigenvalue weighted by Gasteiger charge is 2.22. The summed E-state index contributed by atoms with van der Waals surface area (Å²) in [6.45, 7) is 16.5. The summed E-state index contributed by atoms with van der Waals surface area (Å²) >= 11 is 10.4. The average molecular weight is 656 g/mol. The van der Waals surface area contributed by atoms with Crippen molar-refractivity contribution >= 4 is 55.9 Å². The standard InChI is InChI=1S/C24H40N4OS2.C8H15Br/c1-5-7-14-24(4,6-2)18-31-22(25)27-23(30)26-20-10-12-21(13-11-20)29-17-19(3)28-15-8-9-16-28;1-3-4-5-6-8(2)7-9/h10-13,19H,5-9,14-18H2,1-4H3,(H3,25,26,27,30);4-5,8H,3,6-7H2,1-2H3/b;5-4-. The summed E-state index contributed by atoms with van der Waals surface area (Å²) in [5.74, 6) is 2.61. The molecule has 40 heavy (non-hydrogen) atoms. The lowest BCUT2D eigenvalue weighted by Crippen LogP contribution is -2.34. The molecule has 1 heterocycles. The summed E-state index contributed by atoms with van der Waals surface area (Å²) in [5.41, 5.74) is 7.30. The predicted molar refractivity (Wildman–Crippen MR) is 187 cm³/mol. The third-order valence-electron chi connectivity index (χ3n) is 7.33. The molecular weight excluding hydrogens is 600 g/mol. The largest absolute Gasteiger partial charge is 0.492 e. The number of nitrogens with zero attached hydrogens (tertiary/aromatic N) is 2. The summed E-state index contributed by atoms with van der Waals surface area (Å²) in [5, 5.41) is 5.15. The van der Waals surface area contributed by atoms with Crippen molar-refractivity contribution in [2.75, 3.05) is 36.1 Å². The second kappa shape index (κ2) is 21.6. The number of hydrogen-bond donors (Lipinski definition) is 2. The molecular formula is C32H55BrN4OS2. The number of aliphatic imine (C=N–C) groups is 1. The van der Waals surface area contributed by atoms with Crippen LogP contribution >= 0.6 is 39.9 Å². The van der Waals surface area contributed by atoms with Gasteiger partial charge in [0.05, 0.1) is 0 Å². The molecule has 1 aliphatic rings. The molecule has 0 radical (unpaired) electrons. The van der Waals surface area contributed by atoms with Crippen LogP contribution in [0, 0.1) is 11.3 Å². The molecule has 2 rings (SSSR count). The lowest BCUT2D eigenvalue weighted by molar-refractivity contribution is 0.172. The zero-order valence-corrected chi connectivity index (χ0v) is 29.1. The number of benzene rings is 1. The fourth-order valence-electron chi connectivity index (χ4n) is 4.18. The van der Waals surface area contributed by atoms with Gasteiger partial charge in [0.25, 0.3) is 0 Å². The van der Waals surface area contributed by atoms with E-state index in [0.29, 0.717) is 22.9 Å². The number of nitrogens with one attached hydrogen (secondary N) is 1. The van der Waals surface area contributed by atoms with E-state index < -0.39 is 0 Å². The van der Waals surface area contributed by atoms with Crippen LogP contribution in [0.1, 0.15) is 92.9 Å². The molecule has 1 aromatic rings.